The summed E-state index contributed by atoms with van der Waals surface area (Å²) >= 11 is 0. The van der Waals surface area contributed by atoms with Crippen LogP contribution in [0.4, 0.5) is 124 Å². The number of ether oxygens (including phenoxy) is 6. The fourth-order valence-electron chi connectivity index (χ4n) is 13.6. The van der Waals surface area contributed by atoms with E-state index in [9.17, 15) is 89.8 Å². The van der Waals surface area contributed by atoms with E-state index in [-0.39, 0.29) is 113 Å². The second-order valence-corrected chi connectivity index (χ2v) is 31.3. The minimum Gasteiger partial charge on any atom is -0.497 e. The average Bonchev–Trinajstić information content (AvgIpc) is 0.829. The molecule has 43 heteroatoms. The Morgan fingerprint density at radius 2 is 0.667 bits per heavy atom. The first-order valence-corrected chi connectivity index (χ1v) is 41.9. The number of anilines is 10. The number of aromatic nitrogens is 12. The van der Waals surface area contributed by atoms with Gasteiger partial charge in [0.25, 0.3) is 11.1 Å². The normalized spacial score (nSPS) is 10.8. The number of halogens is 15. The molecule has 15 aromatic rings. The SMILES string of the molecule is COc1cc(C)c(Nc2nc(=O)c(C)nn2Cc2cc(C)cc(F)c2)cc1OC.COc1cc(C)c(Nc2nc(=O)cnn2Cc2cc(F)c(C)c(F)c2)cc1OC.COc1ccc(F)c(Nc2nc(=O)c(F)cn2Cc2cc(F)c(F)c(F)c2)c1.COc1ccc(Nc2nc(=O)c(F)cn2Cc2cc(C)cc(F)c2)c(C)c1F.Cc1ccc(F)cc1Nc1nc(=O)c(F)cn1Cc1cc(F)c(C)c(F)c1. The lowest BCUT2D eigenvalue weighted by molar-refractivity contribution is 0.355. The van der Waals surface area contributed by atoms with Crippen molar-refractivity contribution in [1.29, 1.82) is 0 Å². The molecule has 0 aliphatic heterocycles. The second-order valence-electron chi connectivity index (χ2n) is 31.3. The van der Waals surface area contributed by atoms with Crippen LogP contribution < -0.4 is 82.8 Å². The fraction of sp³-hybridized carbons (Fsp3) is 0.204. The molecule has 0 radical (unpaired) electrons. The Labute approximate surface area is 793 Å². The van der Waals surface area contributed by atoms with E-state index in [0.717, 1.165) is 64.2 Å². The lowest BCUT2D eigenvalue weighted by Crippen LogP contribution is -2.23. The molecule has 0 aliphatic carbocycles. The highest BCUT2D eigenvalue weighted by atomic mass is 19.2. The summed E-state index contributed by atoms with van der Waals surface area (Å²) in [5, 5.41) is 22.7. The number of methoxy groups -OCH3 is 6. The van der Waals surface area contributed by atoms with Crippen LogP contribution in [0.25, 0.3) is 0 Å². The van der Waals surface area contributed by atoms with Crippen LogP contribution in [-0.4, -0.2) is 101 Å². The molecule has 5 N–H and O–H groups in total. The van der Waals surface area contributed by atoms with E-state index in [1.54, 1.807) is 70.0 Å². The van der Waals surface area contributed by atoms with Crippen molar-refractivity contribution in [1.82, 2.24) is 58.2 Å². The minimum atomic E-state index is -1.65. The maximum atomic E-state index is 14.3. The van der Waals surface area contributed by atoms with E-state index in [2.05, 4.69) is 61.7 Å². The van der Waals surface area contributed by atoms with Gasteiger partial charge in [0.05, 0.1) is 81.1 Å². The molecule has 0 saturated heterocycles. The molecule has 0 amide bonds. The van der Waals surface area contributed by atoms with Crippen LogP contribution >= 0.6 is 0 Å². The summed E-state index contributed by atoms with van der Waals surface area (Å²) in [4.78, 5) is 77.6. The molecule has 28 nitrogen and oxygen atoms in total. The Bertz CT molecular complexity index is 7430. The van der Waals surface area contributed by atoms with Crippen molar-refractivity contribution < 1.29 is 94.3 Å². The van der Waals surface area contributed by atoms with Gasteiger partial charge in [-0.15, -0.1) is 0 Å². The molecule has 736 valence electrons. The van der Waals surface area contributed by atoms with Crippen molar-refractivity contribution >= 4 is 58.2 Å². The van der Waals surface area contributed by atoms with Crippen LogP contribution in [0.3, 0.4) is 0 Å². The number of aryl methyl sites for hydroxylation is 6. The van der Waals surface area contributed by atoms with Crippen molar-refractivity contribution in [3.05, 3.63) is 387 Å². The van der Waals surface area contributed by atoms with Crippen LogP contribution in [0.5, 0.6) is 34.5 Å². The summed E-state index contributed by atoms with van der Waals surface area (Å²) in [6, 6.07) is 33.0. The number of hydrogen-bond acceptors (Lipinski definition) is 23. The molecule has 5 aromatic heterocycles. The average molecular weight is 1960 g/mol. The van der Waals surface area contributed by atoms with Gasteiger partial charge in [-0.2, -0.15) is 48.3 Å². The van der Waals surface area contributed by atoms with Crippen molar-refractivity contribution in [2.24, 2.45) is 0 Å². The number of nitrogens with one attached hydrogen (secondary N) is 5. The zero-order valence-corrected chi connectivity index (χ0v) is 77.7. The molecule has 0 atom stereocenters. The van der Waals surface area contributed by atoms with Gasteiger partial charge in [0.1, 0.15) is 64.2 Å². The minimum absolute atomic E-state index is 0.000908. The number of hydrogen-bond donors (Lipinski definition) is 5. The summed E-state index contributed by atoms with van der Waals surface area (Å²) in [6.07, 6.45) is 3.62. The zero-order chi connectivity index (χ0) is 103. The Hall–Kier alpha value is -16.8. The van der Waals surface area contributed by atoms with Crippen molar-refractivity contribution in [3.63, 3.8) is 0 Å². The highest BCUT2D eigenvalue weighted by molar-refractivity contribution is 5.67. The molecule has 141 heavy (non-hydrogen) atoms. The Morgan fingerprint density at radius 3 is 1.11 bits per heavy atom. The summed E-state index contributed by atoms with van der Waals surface area (Å²) in [7, 11) is 8.87. The van der Waals surface area contributed by atoms with Crippen molar-refractivity contribution in [2.75, 3.05) is 69.2 Å². The van der Waals surface area contributed by atoms with E-state index in [1.165, 1.54) is 136 Å². The van der Waals surface area contributed by atoms with Gasteiger partial charge in [-0.25, -0.2) is 62.0 Å². The summed E-state index contributed by atoms with van der Waals surface area (Å²) in [6.45, 7) is 14.6. The van der Waals surface area contributed by atoms with Gasteiger partial charge in [-0.3, -0.25) is 24.0 Å². The monoisotopic (exact) mass is 1960 g/mol. The molecule has 0 saturated carbocycles. The van der Waals surface area contributed by atoms with Gasteiger partial charge in [0.2, 0.25) is 47.2 Å². The summed E-state index contributed by atoms with van der Waals surface area (Å²) in [5.41, 5.74) is 3.34. The molecule has 15 rings (SSSR count). The van der Waals surface area contributed by atoms with Gasteiger partial charge in [0.15, 0.2) is 52.0 Å². The summed E-state index contributed by atoms with van der Waals surface area (Å²) in [5.74, 6) is -10.7. The molecular weight excluding hydrogens is 1880 g/mol. The van der Waals surface area contributed by atoms with Crippen molar-refractivity contribution in [3.8, 4) is 34.5 Å². The lowest BCUT2D eigenvalue weighted by Gasteiger charge is -2.17. The largest absolute Gasteiger partial charge is 0.497 e. The fourth-order valence-corrected chi connectivity index (χ4v) is 13.6. The Balaban J connectivity index is 0.000000168. The molecule has 0 bridgehead atoms. The van der Waals surface area contributed by atoms with Gasteiger partial charge in [-0.05, 0) is 227 Å². The highest BCUT2D eigenvalue weighted by Gasteiger charge is 2.23. The van der Waals surface area contributed by atoms with Crippen LogP contribution in [0.15, 0.2) is 194 Å². The molecule has 0 unspecified atom stereocenters. The van der Waals surface area contributed by atoms with Crippen LogP contribution in [0.1, 0.15) is 78.0 Å². The van der Waals surface area contributed by atoms with Gasteiger partial charge >= 0.3 is 16.7 Å². The Morgan fingerprint density at radius 1 is 0.284 bits per heavy atom. The van der Waals surface area contributed by atoms with Gasteiger partial charge in [-0.1, -0.05) is 18.2 Å². The predicted octanol–water partition coefficient (Wildman–Crippen LogP) is 18.9. The predicted molar refractivity (Wildman–Crippen MR) is 496 cm³/mol. The number of rotatable bonds is 26. The number of benzene rings is 10. The first-order valence-electron chi connectivity index (χ1n) is 41.9. The van der Waals surface area contributed by atoms with Crippen molar-refractivity contribution in [2.45, 2.75) is 95.0 Å². The van der Waals surface area contributed by atoms with E-state index in [4.69, 9.17) is 28.4 Å². The smallest absolute Gasteiger partial charge is 0.310 e. The quantitative estimate of drug-likeness (QED) is 0.0248. The lowest BCUT2D eigenvalue weighted by atomic mass is 10.1. The first-order chi connectivity index (χ1) is 66.9. The highest BCUT2D eigenvalue weighted by Crippen LogP contribution is 2.37. The molecule has 0 aliphatic rings. The maximum absolute atomic E-state index is 14.3. The number of nitrogens with zero attached hydrogens (tertiary/aromatic N) is 12. The molecule has 5 heterocycles. The summed E-state index contributed by atoms with van der Waals surface area (Å²) < 4.78 is 243. The molecule has 0 fully saturated rings. The molecular formula is C98H88F15N17O11. The van der Waals surface area contributed by atoms with E-state index in [0.29, 0.717) is 91.4 Å². The standard InChI is InChI=1S/C21H23FN4O3.C20H18F3N3O2.C20H20F2N4O3.C19H15F4N3O.C18H12F5N3O2/c1-12-6-15(9-16(22)7-12)11-26-21(24-20(27)14(3)25-26)23-17-10-19(29-5)18(28-4)8-13(17)2;1-11-6-13(8-14(21)7-11)9-26-10-15(22)19(27)25-20(26)24-16-4-5-17(28-3)18(23)12(16)2;1-11-5-17(28-3)18(29-4)8-16(11)24-20-25-19(27)9-23-26(20)10-13-6-14(21)12(2)15(22)7-13;1-10-3-4-13(20)7-17(10)24-19-25-18(27)16(23)9-26(19)8-12-5-14(21)11(2)15(22)6-12;1-28-10-2-3-11(19)15(6-10)24-18-25-17(27)14(22)8-26(18)7-9-4-12(20)16(23)13(21)5-9/h6-10H,11H2,1-5H3,(H,23,24,27);4-8,10H,9H2,1-3H3,(H,24,25,27);5-9H,10H2,1-4H3,(H,24,25,27);3-7,9H,8H2,1-2H3,(H,24,25,27);2-6,8H,7H2,1H3,(H,24,25,27). The molecule has 10 aromatic carbocycles. The third-order valence-electron chi connectivity index (χ3n) is 20.9. The van der Waals surface area contributed by atoms with E-state index in [1.807, 2.05) is 32.9 Å². The van der Waals surface area contributed by atoms with E-state index >= 15 is 0 Å². The van der Waals surface area contributed by atoms with Crippen LogP contribution in [0, 0.1) is 150 Å². The second kappa shape index (κ2) is 46.4. The third-order valence-corrected chi connectivity index (χ3v) is 20.9. The Kier molecular flexibility index (Phi) is 34.4. The van der Waals surface area contributed by atoms with E-state index < -0.39 is 109 Å². The molecule has 0 spiro atoms. The van der Waals surface area contributed by atoms with Crippen LogP contribution in [-0.2, 0) is 32.7 Å². The van der Waals surface area contributed by atoms with Gasteiger partial charge < -0.3 is 68.7 Å². The first kappa shape index (κ1) is 105. The zero-order valence-electron chi connectivity index (χ0n) is 77.7. The van der Waals surface area contributed by atoms with Crippen LogP contribution in [0.2, 0.25) is 0 Å². The maximum Gasteiger partial charge on any atom is 0.310 e. The topological polar surface area (TPSA) is 316 Å². The van der Waals surface area contributed by atoms with Gasteiger partial charge in [0, 0.05) is 76.2 Å². The third kappa shape index (κ3) is 26.9.